The second kappa shape index (κ2) is 4.22. The smallest absolute Gasteiger partial charge is 0.402 e. The number of hydrogen-bond acceptors (Lipinski definition) is 3. The van der Waals surface area contributed by atoms with Gasteiger partial charge in [-0.15, -0.1) is 26.3 Å². The van der Waals surface area contributed by atoms with Crippen LogP contribution in [0.15, 0.2) is 18.2 Å². The van der Waals surface area contributed by atoms with E-state index >= 15 is 0 Å². The Morgan fingerprint density at radius 1 is 0.824 bits per heavy atom. The minimum absolute atomic E-state index is 0.196. The molecule has 3 nitrogen and oxygen atoms in total. The second-order valence-corrected chi connectivity index (χ2v) is 2.80. The molecular weight excluding hydrogens is 256 g/mol. The van der Waals surface area contributed by atoms with E-state index in [1.165, 1.54) is 0 Å². The number of nitrogens with two attached hydrogens (primary N) is 1. The van der Waals surface area contributed by atoms with Crippen molar-refractivity contribution in [3.8, 4) is 11.5 Å². The van der Waals surface area contributed by atoms with Crippen LogP contribution in [0, 0.1) is 0 Å². The number of alkyl halides is 6. The first kappa shape index (κ1) is 13.3. The molecule has 0 amide bonds. The lowest BCUT2D eigenvalue weighted by Crippen LogP contribution is -2.21. The molecule has 0 saturated heterocycles. The third-order valence-corrected chi connectivity index (χ3v) is 1.42. The molecule has 1 rings (SSSR count). The SMILES string of the molecule is Nc1ccc(OC(F)(F)F)c(OC(F)(F)F)c1. The third-order valence-electron chi connectivity index (χ3n) is 1.42. The molecule has 17 heavy (non-hydrogen) atoms. The van der Waals surface area contributed by atoms with Crippen LogP contribution in [0.2, 0.25) is 0 Å². The lowest BCUT2D eigenvalue weighted by atomic mass is 10.3. The number of halogens is 6. The normalized spacial score (nSPS) is 12.4. The Bertz CT molecular complexity index is 400. The zero-order valence-corrected chi connectivity index (χ0v) is 7.89. The van der Waals surface area contributed by atoms with Crippen LogP contribution in [0.5, 0.6) is 11.5 Å². The Morgan fingerprint density at radius 3 is 1.76 bits per heavy atom. The predicted octanol–water partition coefficient (Wildman–Crippen LogP) is 3.07. The number of rotatable bonds is 2. The summed E-state index contributed by atoms with van der Waals surface area (Å²) in [5, 5.41) is 0. The summed E-state index contributed by atoms with van der Waals surface area (Å²) in [6, 6.07) is 2.16. The van der Waals surface area contributed by atoms with Gasteiger partial charge in [0.1, 0.15) is 0 Å². The van der Waals surface area contributed by atoms with E-state index < -0.39 is 24.2 Å². The van der Waals surface area contributed by atoms with E-state index in [-0.39, 0.29) is 5.69 Å². The Labute approximate surface area is 90.7 Å². The Morgan fingerprint density at radius 2 is 1.29 bits per heavy atom. The molecular formula is C8H5F6NO2. The second-order valence-electron chi connectivity index (χ2n) is 2.80. The summed E-state index contributed by atoms with van der Waals surface area (Å²) in [5.74, 6) is -2.28. The van der Waals surface area contributed by atoms with Crippen LogP contribution in [-0.4, -0.2) is 12.7 Å². The summed E-state index contributed by atoms with van der Waals surface area (Å²) in [6.45, 7) is 0. The molecule has 0 radical (unpaired) electrons. The van der Waals surface area contributed by atoms with Crippen molar-refractivity contribution in [3.63, 3.8) is 0 Å². The molecule has 0 atom stereocenters. The fourth-order valence-electron chi connectivity index (χ4n) is 0.938. The van der Waals surface area contributed by atoms with Gasteiger partial charge in [-0.25, -0.2) is 0 Å². The van der Waals surface area contributed by atoms with Gasteiger partial charge >= 0.3 is 12.7 Å². The third kappa shape index (κ3) is 4.70. The van der Waals surface area contributed by atoms with Crippen LogP contribution in [0.4, 0.5) is 32.0 Å². The van der Waals surface area contributed by atoms with Crippen LogP contribution in [-0.2, 0) is 0 Å². The fourth-order valence-corrected chi connectivity index (χ4v) is 0.938. The predicted molar refractivity (Wildman–Crippen MR) is 44.2 cm³/mol. The summed E-state index contributed by atoms with van der Waals surface area (Å²) in [7, 11) is 0. The van der Waals surface area contributed by atoms with E-state index in [1.54, 1.807) is 0 Å². The topological polar surface area (TPSA) is 44.5 Å². The summed E-state index contributed by atoms with van der Waals surface area (Å²) in [5.41, 5.74) is 4.93. The highest BCUT2D eigenvalue weighted by Crippen LogP contribution is 2.36. The molecule has 1 aromatic carbocycles. The van der Waals surface area contributed by atoms with Gasteiger partial charge in [-0.1, -0.05) is 0 Å². The summed E-state index contributed by atoms with van der Waals surface area (Å²) >= 11 is 0. The molecule has 0 aliphatic rings. The molecule has 9 heteroatoms. The molecule has 96 valence electrons. The zero-order valence-electron chi connectivity index (χ0n) is 7.89. The molecule has 2 N–H and O–H groups in total. The van der Waals surface area contributed by atoms with Crippen molar-refractivity contribution in [3.05, 3.63) is 18.2 Å². The van der Waals surface area contributed by atoms with Crippen molar-refractivity contribution in [1.29, 1.82) is 0 Å². The highest BCUT2D eigenvalue weighted by Gasteiger charge is 2.36. The van der Waals surface area contributed by atoms with Gasteiger partial charge in [-0.2, -0.15) is 0 Å². The first-order chi connectivity index (χ1) is 7.57. The van der Waals surface area contributed by atoms with Gasteiger partial charge in [0, 0.05) is 11.8 Å². The number of nitrogen functional groups attached to an aromatic ring is 1. The van der Waals surface area contributed by atoms with Crippen LogP contribution < -0.4 is 15.2 Å². The molecule has 0 fully saturated rings. The van der Waals surface area contributed by atoms with Gasteiger partial charge < -0.3 is 15.2 Å². The van der Waals surface area contributed by atoms with Gasteiger partial charge in [0.15, 0.2) is 11.5 Å². The molecule has 0 aliphatic carbocycles. The number of ether oxygens (including phenoxy) is 2. The molecule has 0 unspecified atom stereocenters. The lowest BCUT2D eigenvalue weighted by molar-refractivity contribution is -0.287. The van der Waals surface area contributed by atoms with Crippen molar-refractivity contribution in [2.75, 3.05) is 5.73 Å². The molecule has 0 spiro atoms. The zero-order chi connectivity index (χ0) is 13.3. The minimum atomic E-state index is -5.14. The number of hydrogen-bond donors (Lipinski definition) is 1. The number of benzene rings is 1. The summed E-state index contributed by atoms with van der Waals surface area (Å²) in [6.07, 6.45) is -10.3. The van der Waals surface area contributed by atoms with Crippen LogP contribution >= 0.6 is 0 Å². The van der Waals surface area contributed by atoms with Crippen molar-refractivity contribution in [2.24, 2.45) is 0 Å². The van der Waals surface area contributed by atoms with E-state index in [0.29, 0.717) is 12.1 Å². The maximum Gasteiger partial charge on any atom is 0.573 e. The summed E-state index contributed by atoms with van der Waals surface area (Å²) in [4.78, 5) is 0. The first-order valence-corrected chi connectivity index (χ1v) is 3.98. The van der Waals surface area contributed by atoms with E-state index in [4.69, 9.17) is 5.73 Å². The molecule has 0 bridgehead atoms. The summed E-state index contributed by atoms with van der Waals surface area (Å²) < 4.78 is 78.0. The Hall–Kier alpha value is -1.80. The van der Waals surface area contributed by atoms with Gasteiger partial charge in [0.05, 0.1) is 0 Å². The minimum Gasteiger partial charge on any atom is -0.402 e. The average Bonchev–Trinajstić information content (AvgIpc) is 2.05. The van der Waals surface area contributed by atoms with Gasteiger partial charge in [-0.3, -0.25) is 0 Å². The van der Waals surface area contributed by atoms with Crippen molar-refractivity contribution < 1.29 is 35.8 Å². The fraction of sp³-hybridized carbons (Fsp3) is 0.250. The molecule has 0 aliphatic heterocycles. The van der Waals surface area contributed by atoms with Crippen LogP contribution in [0.25, 0.3) is 0 Å². The number of anilines is 1. The molecule has 1 aromatic rings. The van der Waals surface area contributed by atoms with E-state index in [0.717, 1.165) is 6.07 Å². The van der Waals surface area contributed by atoms with E-state index in [2.05, 4.69) is 9.47 Å². The van der Waals surface area contributed by atoms with Crippen molar-refractivity contribution in [2.45, 2.75) is 12.7 Å². The van der Waals surface area contributed by atoms with E-state index in [9.17, 15) is 26.3 Å². The quantitative estimate of drug-likeness (QED) is 0.657. The maximum absolute atomic E-state index is 11.9. The average molecular weight is 261 g/mol. The van der Waals surface area contributed by atoms with Gasteiger partial charge in [-0.05, 0) is 12.1 Å². The Kier molecular flexibility index (Phi) is 3.30. The largest absolute Gasteiger partial charge is 0.573 e. The molecule has 0 saturated carbocycles. The van der Waals surface area contributed by atoms with Gasteiger partial charge in [0.25, 0.3) is 0 Å². The molecule has 0 aromatic heterocycles. The maximum atomic E-state index is 11.9. The van der Waals surface area contributed by atoms with Crippen LogP contribution in [0.1, 0.15) is 0 Å². The highest BCUT2D eigenvalue weighted by atomic mass is 19.4. The Balaban J connectivity index is 3.04. The van der Waals surface area contributed by atoms with Gasteiger partial charge in [0.2, 0.25) is 0 Å². The van der Waals surface area contributed by atoms with E-state index in [1.807, 2.05) is 0 Å². The van der Waals surface area contributed by atoms with Crippen LogP contribution in [0.3, 0.4) is 0 Å². The standard InChI is InChI=1S/C8H5F6NO2/c9-7(10,11)16-5-2-1-4(15)3-6(5)17-8(12,13)14/h1-3H,15H2. The monoisotopic (exact) mass is 261 g/mol. The van der Waals surface area contributed by atoms with Crippen molar-refractivity contribution in [1.82, 2.24) is 0 Å². The first-order valence-electron chi connectivity index (χ1n) is 3.98. The molecule has 0 heterocycles. The van der Waals surface area contributed by atoms with Crippen molar-refractivity contribution >= 4 is 5.69 Å². The lowest BCUT2D eigenvalue weighted by Gasteiger charge is -2.15. The highest BCUT2D eigenvalue weighted by molar-refractivity contribution is 5.52.